The molecule has 0 spiro atoms. The van der Waals surface area contributed by atoms with Gasteiger partial charge in [0.25, 0.3) is 5.65 Å². The Bertz CT molecular complexity index is 719. The Hall–Kier alpha value is -1.59. The highest BCUT2D eigenvalue weighted by molar-refractivity contribution is 7.15. The Balaban J connectivity index is 2.12. The lowest BCUT2D eigenvalue weighted by atomic mass is 10.3. The summed E-state index contributed by atoms with van der Waals surface area (Å²) in [6, 6.07) is 3.93. The first kappa shape index (κ1) is 11.5. The predicted octanol–water partition coefficient (Wildman–Crippen LogP) is 2.40. The molecule has 0 saturated carbocycles. The first-order valence-electron chi connectivity index (χ1n) is 5.44. The summed E-state index contributed by atoms with van der Waals surface area (Å²) in [6.07, 6.45) is 5.32. The van der Waals surface area contributed by atoms with Crippen molar-refractivity contribution in [1.29, 1.82) is 0 Å². The normalized spacial score (nSPS) is 11.2. The van der Waals surface area contributed by atoms with Crippen molar-refractivity contribution in [1.82, 2.24) is 9.55 Å². The summed E-state index contributed by atoms with van der Waals surface area (Å²) < 4.78 is 4.29. The molecule has 3 heterocycles. The zero-order chi connectivity index (χ0) is 12.7. The van der Waals surface area contributed by atoms with Crippen molar-refractivity contribution < 1.29 is 9.51 Å². The van der Waals surface area contributed by atoms with Crippen LogP contribution in [0.25, 0.3) is 5.65 Å². The summed E-state index contributed by atoms with van der Waals surface area (Å²) >= 11 is 7.27. The maximum Gasteiger partial charge on any atom is 0.327 e. The maximum atomic E-state index is 9.90. The molecule has 3 aromatic rings. The molecule has 0 radical (unpaired) electrons. The van der Waals surface area contributed by atoms with Crippen LogP contribution in [0, 0.1) is 6.92 Å². The van der Waals surface area contributed by atoms with Gasteiger partial charge in [-0.2, -0.15) is 4.40 Å². The zero-order valence-electron chi connectivity index (χ0n) is 9.67. The van der Waals surface area contributed by atoms with Gasteiger partial charge in [0.15, 0.2) is 10.7 Å². The molecule has 3 rings (SSSR count). The molecular weight excluding hydrogens is 270 g/mol. The zero-order valence-corrected chi connectivity index (χ0v) is 11.2. The minimum atomic E-state index is 0.226. The Morgan fingerprint density at radius 2 is 2.39 bits per heavy atom. The average molecular weight is 281 g/mol. The molecule has 0 aromatic carbocycles. The summed E-state index contributed by atoms with van der Waals surface area (Å²) in [7, 11) is 0. The number of aromatic nitrogens is 3. The van der Waals surface area contributed by atoms with Crippen LogP contribution in [0.4, 0.5) is 0 Å². The third kappa shape index (κ3) is 1.85. The van der Waals surface area contributed by atoms with Gasteiger partial charge in [0, 0.05) is 11.8 Å². The van der Waals surface area contributed by atoms with Gasteiger partial charge in [0.05, 0.1) is 11.1 Å². The topological polar surface area (TPSA) is 42.1 Å². The van der Waals surface area contributed by atoms with Crippen LogP contribution in [0.5, 0.6) is 5.88 Å². The average Bonchev–Trinajstić information content (AvgIpc) is 2.86. The second-order valence-corrected chi connectivity index (χ2v) is 5.78. The number of hydrogen-bond acceptors (Lipinski definition) is 3. The van der Waals surface area contributed by atoms with E-state index < -0.39 is 0 Å². The van der Waals surface area contributed by atoms with Crippen molar-refractivity contribution in [2.24, 2.45) is 0 Å². The van der Waals surface area contributed by atoms with Crippen LogP contribution >= 0.6 is 22.9 Å². The molecule has 0 aliphatic carbocycles. The van der Waals surface area contributed by atoms with Crippen LogP contribution in [0.15, 0.2) is 30.7 Å². The van der Waals surface area contributed by atoms with E-state index in [4.69, 9.17) is 11.6 Å². The SMILES string of the molecule is Cc1ccc[n+]2c(O)cn(Cc3cnc(Cl)s3)c12. The standard InChI is InChI=1S/C12H10ClN3OS/c1-8-3-2-4-16-10(17)7-15(11(8)16)6-9-5-14-12(13)18-9/h2-5,7H,6H2,1H3/p+1. The smallest absolute Gasteiger partial charge is 0.327 e. The summed E-state index contributed by atoms with van der Waals surface area (Å²) in [6.45, 7) is 2.67. The number of imidazole rings is 1. The Morgan fingerprint density at radius 1 is 1.56 bits per heavy atom. The molecule has 0 aliphatic rings. The summed E-state index contributed by atoms with van der Waals surface area (Å²) in [5.41, 5.74) is 2.08. The third-order valence-corrected chi connectivity index (χ3v) is 3.90. The van der Waals surface area contributed by atoms with Gasteiger partial charge in [0.1, 0.15) is 6.54 Å². The molecule has 0 fully saturated rings. The van der Waals surface area contributed by atoms with Crippen LogP contribution in [0.1, 0.15) is 10.4 Å². The number of hydrogen-bond donors (Lipinski definition) is 1. The van der Waals surface area contributed by atoms with Gasteiger partial charge in [0.2, 0.25) is 0 Å². The molecule has 0 bridgehead atoms. The number of nitrogens with zero attached hydrogens (tertiary/aromatic N) is 3. The molecule has 0 amide bonds. The minimum Gasteiger partial charge on any atom is -0.475 e. The van der Waals surface area contributed by atoms with Crippen LogP contribution in [0.3, 0.4) is 0 Å². The van der Waals surface area contributed by atoms with Crippen molar-refractivity contribution in [2.45, 2.75) is 13.5 Å². The van der Waals surface area contributed by atoms with Crippen molar-refractivity contribution in [3.63, 3.8) is 0 Å². The van der Waals surface area contributed by atoms with Gasteiger partial charge >= 0.3 is 5.88 Å². The lowest BCUT2D eigenvalue weighted by Gasteiger charge is -1.96. The highest BCUT2D eigenvalue weighted by atomic mass is 35.5. The Morgan fingerprint density at radius 3 is 3.11 bits per heavy atom. The number of halogens is 1. The summed E-state index contributed by atoms with van der Waals surface area (Å²) in [5.74, 6) is 0.226. The predicted molar refractivity (Wildman–Crippen MR) is 70.2 cm³/mol. The first-order chi connectivity index (χ1) is 8.65. The largest absolute Gasteiger partial charge is 0.475 e. The monoisotopic (exact) mass is 280 g/mol. The highest BCUT2D eigenvalue weighted by Gasteiger charge is 2.18. The fourth-order valence-electron chi connectivity index (χ4n) is 2.07. The first-order valence-corrected chi connectivity index (χ1v) is 6.64. The molecule has 18 heavy (non-hydrogen) atoms. The molecule has 92 valence electrons. The molecule has 4 nitrogen and oxygen atoms in total. The second-order valence-electron chi connectivity index (χ2n) is 4.08. The lowest BCUT2D eigenvalue weighted by molar-refractivity contribution is -0.521. The van der Waals surface area contributed by atoms with Crippen LogP contribution in [0.2, 0.25) is 4.47 Å². The molecule has 1 N–H and O–H groups in total. The van der Waals surface area contributed by atoms with Gasteiger partial charge in [-0.1, -0.05) is 11.6 Å². The van der Waals surface area contributed by atoms with Gasteiger partial charge in [-0.15, -0.1) is 11.3 Å². The number of aryl methyl sites for hydroxylation is 1. The van der Waals surface area contributed by atoms with E-state index in [9.17, 15) is 5.11 Å². The van der Waals surface area contributed by atoms with E-state index in [0.717, 1.165) is 16.1 Å². The fourth-order valence-corrected chi connectivity index (χ4v) is 3.04. The van der Waals surface area contributed by atoms with E-state index in [1.807, 2.05) is 29.8 Å². The van der Waals surface area contributed by atoms with Gasteiger partial charge < -0.3 is 5.11 Å². The fraction of sp³-hybridized carbons (Fsp3) is 0.167. The highest BCUT2D eigenvalue weighted by Crippen LogP contribution is 2.21. The number of fused-ring (bicyclic) bond motifs is 1. The van der Waals surface area contributed by atoms with Gasteiger partial charge in [-0.25, -0.2) is 9.55 Å². The van der Waals surface area contributed by atoms with E-state index in [1.165, 1.54) is 11.3 Å². The lowest BCUT2D eigenvalue weighted by Crippen LogP contribution is -2.20. The van der Waals surface area contributed by atoms with E-state index in [2.05, 4.69) is 4.98 Å². The van der Waals surface area contributed by atoms with E-state index in [1.54, 1.807) is 16.8 Å². The molecule has 0 atom stereocenters. The van der Waals surface area contributed by atoms with E-state index in [0.29, 0.717) is 11.0 Å². The van der Waals surface area contributed by atoms with E-state index >= 15 is 0 Å². The van der Waals surface area contributed by atoms with Crippen LogP contribution in [-0.2, 0) is 6.54 Å². The molecule has 0 unspecified atom stereocenters. The van der Waals surface area contributed by atoms with Crippen molar-refractivity contribution in [3.8, 4) is 5.88 Å². The minimum absolute atomic E-state index is 0.226. The van der Waals surface area contributed by atoms with Crippen molar-refractivity contribution >= 4 is 28.6 Å². The third-order valence-electron chi connectivity index (χ3n) is 2.80. The molecule has 0 saturated heterocycles. The van der Waals surface area contributed by atoms with Gasteiger partial charge in [-0.05, 0) is 19.1 Å². The van der Waals surface area contributed by atoms with Gasteiger partial charge in [-0.3, -0.25) is 0 Å². The molecule has 3 aromatic heterocycles. The Kier molecular flexibility index (Phi) is 2.72. The number of rotatable bonds is 2. The Labute approximate surface area is 113 Å². The quantitative estimate of drug-likeness (QED) is 0.733. The van der Waals surface area contributed by atoms with Crippen LogP contribution < -0.4 is 4.40 Å². The van der Waals surface area contributed by atoms with Crippen molar-refractivity contribution in [3.05, 3.63) is 45.6 Å². The summed E-state index contributed by atoms with van der Waals surface area (Å²) in [5, 5.41) is 9.90. The molecular formula is C12H11ClN3OS+. The van der Waals surface area contributed by atoms with E-state index in [-0.39, 0.29) is 5.88 Å². The number of aromatic hydroxyl groups is 1. The molecule has 0 aliphatic heterocycles. The second kappa shape index (κ2) is 4.26. The number of thiazole rings is 1. The van der Waals surface area contributed by atoms with Crippen molar-refractivity contribution in [2.75, 3.05) is 0 Å². The maximum absolute atomic E-state index is 9.90. The van der Waals surface area contributed by atoms with Crippen LogP contribution in [-0.4, -0.2) is 14.7 Å². The molecule has 6 heteroatoms. The summed E-state index contributed by atoms with van der Waals surface area (Å²) in [4.78, 5) is 5.08. The number of pyridine rings is 1.